The molecule has 0 saturated heterocycles. The van der Waals surface area contributed by atoms with Crippen LogP contribution in [0, 0.1) is 35.5 Å². The Morgan fingerprint density at radius 2 is 1.82 bits per heavy atom. The second-order valence-electron chi connectivity index (χ2n) is 6.63. The number of rotatable bonds is 4. The van der Waals surface area contributed by atoms with Crippen molar-refractivity contribution in [2.24, 2.45) is 35.5 Å². The average molecular weight is 304 g/mol. The maximum atomic E-state index is 11.3. The number of carboxylic acids is 2. The molecule has 2 aliphatic rings. The topological polar surface area (TPSA) is 74.6 Å². The lowest BCUT2D eigenvalue weighted by Gasteiger charge is -2.45. The average Bonchev–Trinajstić information content (AvgIpc) is 2.45. The van der Waals surface area contributed by atoms with Crippen LogP contribution >= 0.6 is 0 Å². The van der Waals surface area contributed by atoms with E-state index in [1.165, 1.54) is 0 Å². The van der Waals surface area contributed by atoms with E-state index in [1.54, 1.807) is 6.08 Å². The highest BCUT2D eigenvalue weighted by Gasteiger charge is 2.43. The zero-order valence-electron chi connectivity index (χ0n) is 13.1. The van der Waals surface area contributed by atoms with E-state index >= 15 is 0 Å². The first-order chi connectivity index (χ1) is 10.4. The molecule has 0 amide bonds. The van der Waals surface area contributed by atoms with Gasteiger partial charge in [0.25, 0.3) is 0 Å². The molecule has 2 aliphatic carbocycles. The fourth-order valence-corrected chi connectivity index (χ4v) is 4.11. The Balaban J connectivity index is 2.16. The van der Waals surface area contributed by atoms with Crippen LogP contribution in [0.2, 0.25) is 0 Å². The molecule has 0 spiro atoms. The summed E-state index contributed by atoms with van der Waals surface area (Å²) in [7, 11) is 0. The number of carboxylic acid groups (broad SMARTS) is 2. The zero-order valence-corrected chi connectivity index (χ0v) is 13.1. The summed E-state index contributed by atoms with van der Waals surface area (Å²) in [4.78, 5) is 21.8. The fraction of sp³-hybridized carbons (Fsp3) is 0.556. The Bertz CT molecular complexity index is 517. The standard InChI is InChI=1S/C18H24O4/c1-11-7-8-13-10-14(18(21)22)9-12(2)17(13)15(11)5-3-4-6-16(19)20/h3-8,11-15,17H,9-10H2,1-2H3,(H,19,20)(H,21,22)/b5-3+,6-4+/t11-,12+,13-,14?,15-,17-/m0/s1. The third kappa shape index (κ3) is 3.67. The van der Waals surface area contributed by atoms with Crippen molar-refractivity contribution in [2.75, 3.05) is 0 Å². The summed E-state index contributed by atoms with van der Waals surface area (Å²) in [6.45, 7) is 4.31. The van der Waals surface area contributed by atoms with E-state index in [1.807, 2.05) is 6.08 Å². The molecule has 0 radical (unpaired) electrons. The van der Waals surface area contributed by atoms with Crippen molar-refractivity contribution < 1.29 is 19.8 Å². The van der Waals surface area contributed by atoms with Gasteiger partial charge in [0.15, 0.2) is 0 Å². The van der Waals surface area contributed by atoms with Crippen molar-refractivity contribution in [3.05, 3.63) is 36.5 Å². The maximum Gasteiger partial charge on any atom is 0.328 e. The lowest BCUT2D eigenvalue weighted by atomic mass is 9.59. The van der Waals surface area contributed by atoms with Crippen LogP contribution < -0.4 is 0 Å². The first-order valence-corrected chi connectivity index (χ1v) is 7.89. The van der Waals surface area contributed by atoms with Crippen molar-refractivity contribution >= 4 is 11.9 Å². The number of fused-ring (bicyclic) bond motifs is 1. The molecule has 22 heavy (non-hydrogen) atoms. The summed E-state index contributed by atoms with van der Waals surface area (Å²) in [6, 6.07) is 0. The monoisotopic (exact) mass is 304 g/mol. The van der Waals surface area contributed by atoms with Gasteiger partial charge in [0, 0.05) is 6.08 Å². The van der Waals surface area contributed by atoms with Crippen molar-refractivity contribution in [3.63, 3.8) is 0 Å². The Kier molecular flexibility index (Phi) is 5.22. The molecule has 1 fully saturated rings. The molecule has 4 heteroatoms. The summed E-state index contributed by atoms with van der Waals surface area (Å²) in [5.74, 6) is -0.0681. The van der Waals surface area contributed by atoms with E-state index in [0.29, 0.717) is 36.0 Å². The molecular formula is C18H24O4. The molecule has 0 heterocycles. The number of hydrogen-bond acceptors (Lipinski definition) is 2. The molecule has 6 atom stereocenters. The molecule has 0 bridgehead atoms. The highest BCUT2D eigenvalue weighted by molar-refractivity contribution is 5.80. The number of aliphatic carboxylic acids is 2. The van der Waals surface area contributed by atoms with E-state index in [9.17, 15) is 14.7 Å². The van der Waals surface area contributed by atoms with Crippen LogP contribution in [0.3, 0.4) is 0 Å². The number of carbonyl (C=O) groups is 2. The van der Waals surface area contributed by atoms with E-state index in [2.05, 4.69) is 32.1 Å². The fourth-order valence-electron chi connectivity index (χ4n) is 4.11. The van der Waals surface area contributed by atoms with Crippen LogP contribution in [-0.2, 0) is 9.59 Å². The maximum absolute atomic E-state index is 11.3. The molecule has 2 N–H and O–H groups in total. The van der Waals surface area contributed by atoms with Gasteiger partial charge in [-0.25, -0.2) is 4.79 Å². The summed E-state index contributed by atoms with van der Waals surface area (Å²) in [6.07, 6.45) is 12.4. The smallest absolute Gasteiger partial charge is 0.328 e. The van der Waals surface area contributed by atoms with Crippen molar-refractivity contribution in [1.82, 2.24) is 0 Å². The Hall–Kier alpha value is -1.84. The van der Waals surface area contributed by atoms with Crippen LogP contribution in [-0.4, -0.2) is 22.2 Å². The molecule has 0 aromatic rings. The number of allylic oxidation sites excluding steroid dienone is 5. The Morgan fingerprint density at radius 3 is 2.45 bits per heavy atom. The molecule has 2 rings (SSSR count). The van der Waals surface area contributed by atoms with E-state index in [-0.39, 0.29) is 5.92 Å². The summed E-state index contributed by atoms with van der Waals surface area (Å²) in [5, 5.41) is 17.9. The lowest BCUT2D eigenvalue weighted by Crippen LogP contribution is -2.41. The van der Waals surface area contributed by atoms with Crippen LogP contribution in [0.25, 0.3) is 0 Å². The molecule has 4 nitrogen and oxygen atoms in total. The third-order valence-corrected chi connectivity index (χ3v) is 5.11. The molecule has 120 valence electrons. The molecule has 0 aromatic heterocycles. The SMILES string of the molecule is C[C@@H]1CC(C(=O)O)C[C@@H]2C=C[C@H](C)[C@H](/C=C/C=C/C(=O)O)[C@@H]12. The Morgan fingerprint density at radius 1 is 1.09 bits per heavy atom. The van der Waals surface area contributed by atoms with Gasteiger partial charge in [0.05, 0.1) is 5.92 Å². The first-order valence-electron chi connectivity index (χ1n) is 7.89. The van der Waals surface area contributed by atoms with E-state index in [4.69, 9.17) is 5.11 Å². The van der Waals surface area contributed by atoms with Gasteiger partial charge in [-0.1, -0.05) is 44.2 Å². The van der Waals surface area contributed by atoms with Gasteiger partial charge in [-0.15, -0.1) is 0 Å². The van der Waals surface area contributed by atoms with Gasteiger partial charge in [0.1, 0.15) is 0 Å². The van der Waals surface area contributed by atoms with Crippen molar-refractivity contribution in [1.29, 1.82) is 0 Å². The van der Waals surface area contributed by atoms with Crippen LogP contribution in [0.4, 0.5) is 0 Å². The third-order valence-electron chi connectivity index (χ3n) is 5.11. The van der Waals surface area contributed by atoms with Crippen LogP contribution in [0.15, 0.2) is 36.5 Å². The molecule has 1 unspecified atom stereocenters. The first kappa shape index (κ1) is 16.5. The van der Waals surface area contributed by atoms with Gasteiger partial charge in [-0.2, -0.15) is 0 Å². The van der Waals surface area contributed by atoms with E-state index in [0.717, 1.165) is 12.5 Å². The van der Waals surface area contributed by atoms with Crippen LogP contribution in [0.5, 0.6) is 0 Å². The highest BCUT2D eigenvalue weighted by atomic mass is 16.4. The minimum Gasteiger partial charge on any atom is -0.481 e. The Labute approximate surface area is 131 Å². The predicted molar refractivity (Wildman–Crippen MR) is 84.2 cm³/mol. The quantitative estimate of drug-likeness (QED) is 0.474. The number of hydrogen-bond donors (Lipinski definition) is 2. The lowest BCUT2D eigenvalue weighted by molar-refractivity contribution is -0.145. The zero-order chi connectivity index (χ0) is 16.3. The predicted octanol–water partition coefficient (Wildman–Crippen LogP) is 3.37. The minimum atomic E-state index is -0.950. The van der Waals surface area contributed by atoms with Crippen LogP contribution in [0.1, 0.15) is 26.7 Å². The van der Waals surface area contributed by atoms with Gasteiger partial charge in [-0.05, 0) is 42.4 Å². The summed E-state index contributed by atoms with van der Waals surface area (Å²) >= 11 is 0. The van der Waals surface area contributed by atoms with Crippen molar-refractivity contribution in [3.8, 4) is 0 Å². The van der Waals surface area contributed by atoms with E-state index < -0.39 is 11.9 Å². The molecule has 0 aromatic carbocycles. The van der Waals surface area contributed by atoms with Gasteiger partial charge >= 0.3 is 11.9 Å². The highest BCUT2D eigenvalue weighted by Crippen LogP contribution is 2.48. The summed E-state index contributed by atoms with van der Waals surface area (Å²) < 4.78 is 0. The second kappa shape index (κ2) is 6.95. The molecule has 0 aliphatic heterocycles. The normalized spacial score (nSPS) is 38.3. The molecular weight excluding hydrogens is 280 g/mol. The summed E-state index contributed by atoms with van der Waals surface area (Å²) in [5.41, 5.74) is 0. The van der Waals surface area contributed by atoms with Gasteiger partial charge in [0.2, 0.25) is 0 Å². The van der Waals surface area contributed by atoms with Gasteiger partial charge < -0.3 is 10.2 Å². The molecule has 1 saturated carbocycles. The van der Waals surface area contributed by atoms with Crippen molar-refractivity contribution in [2.45, 2.75) is 26.7 Å². The minimum absolute atomic E-state index is 0.245. The second-order valence-corrected chi connectivity index (χ2v) is 6.63. The van der Waals surface area contributed by atoms with Gasteiger partial charge in [-0.3, -0.25) is 4.79 Å². The largest absolute Gasteiger partial charge is 0.481 e.